The van der Waals surface area contributed by atoms with E-state index in [0.717, 1.165) is 21.8 Å². The van der Waals surface area contributed by atoms with E-state index in [9.17, 15) is 18.0 Å². The van der Waals surface area contributed by atoms with E-state index in [-0.39, 0.29) is 12.4 Å². The molecule has 1 spiro atoms. The fraction of sp³-hybridized carbons (Fsp3) is 0.286. The molecule has 0 unspecified atom stereocenters. The van der Waals surface area contributed by atoms with Gasteiger partial charge in [0.15, 0.2) is 0 Å². The molecule has 1 aromatic carbocycles. The van der Waals surface area contributed by atoms with E-state index < -0.39 is 17.5 Å². The summed E-state index contributed by atoms with van der Waals surface area (Å²) in [5, 5.41) is 7.19. The van der Waals surface area contributed by atoms with Gasteiger partial charge in [-0.15, -0.1) is 0 Å². The number of hydrogen-bond donors (Lipinski definition) is 2. The molecule has 3 heterocycles. The summed E-state index contributed by atoms with van der Waals surface area (Å²) in [4.78, 5) is 12.4. The number of hydrazone groups is 1. The Bertz CT molecular complexity index is 740. The lowest BCUT2D eigenvalue weighted by atomic mass is 9.77. The molecule has 1 fully saturated rings. The molecule has 2 N–H and O–H groups in total. The van der Waals surface area contributed by atoms with Gasteiger partial charge in [-0.25, -0.2) is 0 Å². The van der Waals surface area contributed by atoms with E-state index in [1.54, 1.807) is 6.20 Å². The summed E-state index contributed by atoms with van der Waals surface area (Å²) >= 11 is 0. The summed E-state index contributed by atoms with van der Waals surface area (Å²) in [6.07, 6.45) is -2.92. The fourth-order valence-electron chi connectivity index (χ4n) is 3.42. The Morgan fingerprint density at radius 2 is 2.09 bits per heavy atom. The van der Waals surface area contributed by atoms with E-state index in [0.29, 0.717) is 6.42 Å². The summed E-state index contributed by atoms with van der Waals surface area (Å²) < 4.78 is 38.4. The van der Waals surface area contributed by atoms with Gasteiger partial charge in [0.05, 0.1) is 5.70 Å². The highest BCUT2D eigenvalue weighted by molar-refractivity contribution is 6.11. The fourth-order valence-corrected chi connectivity index (χ4v) is 3.42. The SMILES string of the molecule is O=C(N1CC[C@]23C(=CNN=C12)Nc1ccccc13)C(F)(F)F. The molecule has 1 atom stereocenters. The lowest BCUT2D eigenvalue weighted by molar-refractivity contribution is -0.180. The molecular weight excluding hydrogens is 297 g/mol. The van der Waals surface area contributed by atoms with Crippen molar-refractivity contribution in [2.24, 2.45) is 5.10 Å². The van der Waals surface area contributed by atoms with Crippen LogP contribution < -0.4 is 10.7 Å². The zero-order chi connectivity index (χ0) is 15.5. The number of nitrogens with zero attached hydrogens (tertiary/aromatic N) is 2. The van der Waals surface area contributed by atoms with Crippen LogP contribution in [-0.2, 0) is 10.2 Å². The normalized spacial score (nSPS) is 25.3. The average molecular weight is 308 g/mol. The highest BCUT2D eigenvalue weighted by Crippen LogP contribution is 2.51. The Morgan fingerprint density at radius 1 is 1.32 bits per heavy atom. The Morgan fingerprint density at radius 3 is 2.86 bits per heavy atom. The number of likely N-dealkylation sites (tertiary alicyclic amines) is 1. The summed E-state index contributed by atoms with van der Waals surface area (Å²) in [6, 6.07) is 7.38. The number of alkyl halides is 3. The molecule has 0 aliphatic carbocycles. The second-order valence-electron chi connectivity index (χ2n) is 5.40. The molecule has 3 aliphatic rings. The van der Waals surface area contributed by atoms with Gasteiger partial charge in [-0.05, 0) is 18.1 Å². The first-order valence-electron chi connectivity index (χ1n) is 6.74. The maximum absolute atomic E-state index is 12.8. The summed E-state index contributed by atoms with van der Waals surface area (Å²) in [6.45, 7) is -0.0216. The van der Waals surface area contributed by atoms with Gasteiger partial charge in [0.2, 0.25) is 0 Å². The Hall–Kier alpha value is -2.51. The van der Waals surface area contributed by atoms with Crippen molar-refractivity contribution < 1.29 is 18.0 Å². The van der Waals surface area contributed by atoms with Crippen molar-refractivity contribution in [3.05, 3.63) is 41.7 Å². The monoisotopic (exact) mass is 308 g/mol. The van der Waals surface area contributed by atoms with Crippen LogP contribution in [0.1, 0.15) is 12.0 Å². The number of benzene rings is 1. The van der Waals surface area contributed by atoms with Crippen molar-refractivity contribution in [1.82, 2.24) is 10.3 Å². The minimum absolute atomic E-state index is 0.0216. The van der Waals surface area contributed by atoms with Crippen molar-refractivity contribution in [2.45, 2.75) is 18.0 Å². The number of amidine groups is 1. The van der Waals surface area contributed by atoms with Gasteiger partial charge in [0.25, 0.3) is 0 Å². The number of carbonyl (C=O) groups excluding carboxylic acids is 1. The number of amides is 1. The summed E-state index contributed by atoms with van der Waals surface area (Å²) in [7, 11) is 0. The third kappa shape index (κ3) is 1.49. The van der Waals surface area contributed by atoms with Crippen LogP contribution in [0, 0.1) is 0 Å². The number of para-hydroxylation sites is 1. The molecule has 3 aliphatic heterocycles. The van der Waals surface area contributed by atoms with Crippen molar-refractivity contribution in [3.8, 4) is 0 Å². The molecule has 22 heavy (non-hydrogen) atoms. The lowest BCUT2D eigenvalue weighted by Crippen LogP contribution is -2.48. The van der Waals surface area contributed by atoms with Gasteiger partial charge in [-0.2, -0.15) is 18.3 Å². The maximum Gasteiger partial charge on any atom is 0.471 e. The van der Waals surface area contributed by atoms with Gasteiger partial charge in [-0.1, -0.05) is 18.2 Å². The minimum atomic E-state index is -4.92. The van der Waals surface area contributed by atoms with Gasteiger partial charge < -0.3 is 5.32 Å². The van der Waals surface area contributed by atoms with Crippen LogP contribution in [0.4, 0.5) is 18.9 Å². The number of anilines is 1. The standard InChI is InChI=1S/C14H11F3N4O/c15-14(16,17)12(22)21-6-5-13-8-3-1-2-4-9(8)19-10(13)7-18-20-11(13)21/h1-4,7,18-19H,5-6H2/t13-/m0/s1. The van der Waals surface area contributed by atoms with Crippen molar-refractivity contribution in [3.63, 3.8) is 0 Å². The molecule has 1 amide bonds. The molecule has 0 radical (unpaired) electrons. The van der Waals surface area contributed by atoms with Crippen LogP contribution in [0.25, 0.3) is 0 Å². The van der Waals surface area contributed by atoms with Gasteiger partial charge in [0.1, 0.15) is 11.3 Å². The first-order chi connectivity index (χ1) is 10.4. The van der Waals surface area contributed by atoms with Crippen LogP contribution in [0.15, 0.2) is 41.3 Å². The van der Waals surface area contributed by atoms with Crippen molar-refractivity contribution >= 4 is 17.4 Å². The quantitative estimate of drug-likeness (QED) is 0.770. The topological polar surface area (TPSA) is 56.7 Å². The third-order valence-corrected chi connectivity index (χ3v) is 4.33. The van der Waals surface area contributed by atoms with Crippen LogP contribution in [0.2, 0.25) is 0 Å². The number of fused-ring (bicyclic) bond motifs is 1. The molecule has 114 valence electrons. The largest absolute Gasteiger partial charge is 0.471 e. The summed E-state index contributed by atoms with van der Waals surface area (Å²) in [5.41, 5.74) is 4.18. The summed E-state index contributed by atoms with van der Waals surface area (Å²) in [5.74, 6) is -1.78. The molecule has 1 aromatic rings. The van der Waals surface area contributed by atoms with E-state index in [1.807, 2.05) is 24.3 Å². The Labute approximate surface area is 123 Å². The number of hydrogen-bond acceptors (Lipinski definition) is 4. The number of nitrogens with one attached hydrogen (secondary N) is 2. The zero-order valence-corrected chi connectivity index (χ0v) is 11.2. The highest BCUT2D eigenvalue weighted by Gasteiger charge is 2.58. The zero-order valence-electron chi connectivity index (χ0n) is 11.2. The van der Waals surface area contributed by atoms with Crippen molar-refractivity contribution in [2.75, 3.05) is 11.9 Å². The second-order valence-corrected chi connectivity index (χ2v) is 5.40. The molecule has 4 rings (SSSR count). The Kier molecular flexibility index (Phi) is 2.41. The number of halogens is 3. The minimum Gasteiger partial charge on any atom is -0.356 e. The van der Waals surface area contributed by atoms with Gasteiger partial charge >= 0.3 is 12.1 Å². The lowest BCUT2D eigenvalue weighted by Gasteiger charge is -2.30. The molecule has 8 heteroatoms. The van der Waals surface area contributed by atoms with Gasteiger partial charge in [-0.3, -0.25) is 15.1 Å². The van der Waals surface area contributed by atoms with Crippen LogP contribution in [-0.4, -0.2) is 29.4 Å². The first kappa shape index (κ1) is 13.2. The average Bonchev–Trinajstić information content (AvgIpc) is 3.02. The first-order valence-corrected chi connectivity index (χ1v) is 6.74. The van der Waals surface area contributed by atoms with E-state index in [2.05, 4.69) is 15.8 Å². The molecular formula is C14H11F3N4O. The van der Waals surface area contributed by atoms with Crippen molar-refractivity contribution in [1.29, 1.82) is 0 Å². The highest BCUT2D eigenvalue weighted by atomic mass is 19.4. The number of rotatable bonds is 0. The molecule has 0 bridgehead atoms. The van der Waals surface area contributed by atoms with E-state index in [4.69, 9.17) is 0 Å². The van der Waals surface area contributed by atoms with Crippen LogP contribution >= 0.6 is 0 Å². The molecule has 0 saturated carbocycles. The maximum atomic E-state index is 12.8. The second kappa shape index (κ2) is 4.02. The van der Waals surface area contributed by atoms with E-state index in [1.165, 1.54) is 0 Å². The predicted octanol–water partition coefficient (Wildman–Crippen LogP) is 1.90. The third-order valence-electron chi connectivity index (χ3n) is 4.33. The smallest absolute Gasteiger partial charge is 0.356 e. The molecule has 1 saturated heterocycles. The number of carbonyl (C=O) groups is 1. The Balaban J connectivity index is 1.84. The van der Waals surface area contributed by atoms with Crippen LogP contribution in [0.3, 0.4) is 0 Å². The molecule has 0 aromatic heterocycles. The predicted molar refractivity (Wildman–Crippen MR) is 72.8 cm³/mol. The van der Waals surface area contributed by atoms with Crippen LogP contribution in [0.5, 0.6) is 0 Å². The van der Waals surface area contributed by atoms with E-state index >= 15 is 0 Å². The van der Waals surface area contributed by atoms with Gasteiger partial charge in [0, 0.05) is 18.4 Å². The molecule has 5 nitrogen and oxygen atoms in total.